The van der Waals surface area contributed by atoms with Gasteiger partial charge in [-0.15, -0.1) is 11.3 Å². The SMILES string of the molecule is c1cc2c3c(c1)ccc1scc(c13)CC2. The zero-order chi connectivity index (χ0) is 9.83. The van der Waals surface area contributed by atoms with E-state index in [0.29, 0.717) is 0 Å². The first-order chi connectivity index (χ1) is 7.43. The largest absolute Gasteiger partial charge is 0.143 e. The molecule has 0 amide bonds. The van der Waals surface area contributed by atoms with Crippen molar-refractivity contribution in [2.45, 2.75) is 12.8 Å². The van der Waals surface area contributed by atoms with Gasteiger partial charge in [-0.2, -0.15) is 0 Å². The second-order valence-electron chi connectivity index (χ2n) is 4.21. The van der Waals surface area contributed by atoms with Crippen LogP contribution >= 0.6 is 11.3 Å². The molecule has 2 aromatic carbocycles. The summed E-state index contributed by atoms with van der Waals surface area (Å²) >= 11 is 1.89. The molecular weight excluding hydrogens is 200 g/mol. The molecule has 0 unspecified atom stereocenters. The summed E-state index contributed by atoms with van der Waals surface area (Å²) in [5.41, 5.74) is 3.09. The molecule has 1 heterocycles. The van der Waals surface area contributed by atoms with Crippen molar-refractivity contribution < 1.29 is 0 Å². The van der Waals surface area contributed by atoms with E-state index in [-0.39, 0.29) is 0 Å². The molecule has 72 valence electrons. The molecule has 0 nitrogen and oxygen atoms in total. The lowest BCUT2D eigenvalue weighted by Gasteiger charge is -2.14. The Kier molecular flexibility index (Phi) is 1.37. The average molecular weight is 210 g/mol. The Morgan fingerprint density at radius 3 is 2.80 bits per heavy atom. The van der Waals surface area contributed by atoms with Gasteiger partial charge in [0.15, 0.2) is 0 Å². The Morgan fingerprint density at radius 2 is 1.80 bits per heavy atom. The fraction of sp³-hybridized carbons (Fsp3) is 0.143. The van der Waals surface area contributed by atoms with Gasteiger partial charge in [-0.05, 0) is 46.2 Å². The van der Waals surface area contributed by atoms with Crippen molar-refractivity contribution in [3.05, 3.63) is 46.8 Å². The molecule has 1 heteroatoms. The summed E-state index contributed by atoms with van der Waals surface area (Å²) in [5, 5.41) is 6.77. The molecule has 15 heavy (non-hydrogen) atoms. The molecule has 4 rings (SSSR count). The summed E-state index contributed by atoms with van der Waals surface area (Å²) in [7, 11) is 0. The van der Waals surface area contributed by atoms with E-state index >= 15 is 0 Å². The zero-order valence-electron chi connectivity index (χ0n) is 8.29. The van der Waals surface area contributed by atoms with E-state index < -0.39 is 0 Å². The molecule has 0 radical (unpaired) electrons. The first-order valence-electron chi connectivity index (χ1n) is 5.34. The van der Waals surface area contributed by atoms with Crippen LogP contribution in [0.1, 0.15) is 11.1 Å². The lowest BCUT2D eigenvalue weighted by Crippen LogP contribution is -1.97. The monoisotopic (exact) mass is 210 g/mol. The highest BCUT2D eigenvalue weighted by molar-refractivity contribution is 7.17. The van der Waals surface area contributed by atoms with Crippen LogP contribution < -0.4 is 0 Å². The fourth-order valence-electron chi connectivity index (χ4n) is 2.71. The highest BCUT2D eigenvalue weighted by Gasteiger charge is 2.15. The fourth-order valence-corrected chi connectivity index (χ4v) is 3.71. The smallest absolute Gasteiger partial charge is 0.0352 e. The first-order valence-corrected chi connectivity index (χ1v) is 6.22. The van der Waals surface area contributed by atoms with Gasteiger partial charge in [-0.25, -0.2) is 0 Å². The summed E-state index contributed by atoms with van der Waals surface area (Å²) in [6, 6.07) is 11.2. The standard InChI is InChI=1S/C14H10S/c1-2-9-4-5-11-8-15-12-7-6-10(3-1)13(9)14(11)12/h1-3,6-8H,4-5H2. The highest BCUT2D eigenvalue weighted by atomic mass is 32.1. The van der Waals surface area contributed by atoms with Gasteiger partial charge in [0.1, 0.15) is 0 Å². The van der Waals surface area contributed by atoms with Gasteiger partial charge in [-0.3, -0.25) is 0 Å². The lowest BCUT2D eigenvalue weighted by atomic mass is 9.90. The van der Waals surface area contributed by atoms with E-state index in [4.69, 9.17) is 0 Å². The van der Waals surface area contributed by atoms with Crippen molar-refractivity contribution in [3.8, 4) is 0 Å². The maximum Gasteiger partial charge on any atom is 0.0352 e. The van der Waals surface area contributed by atoms with E-state index in [1.807, 2.05) is 11.3 Å². The molecule has 0 fully saturated rings. The van der Waals surface area contributed by atoms with Crippen LogP contribution in [0.25, 0.3) is 20.9 Å². The molecule has 0 saturated heterocycles. The minimum absolute atomic E-state index is 1.21. The molecule has 0 saturated carbocycles. The predicted octanol–water partition coefficient (Wildman–Crippen LogP) is 4.15. The van der Waals surface area contributed by atoms with Crippen LogP contribution in [0.5, 0.6) is 0 Å². The Bertz CT molecular complexity index is 676. The van der Waals surface area contributed by atoms with Gasteiger partial charge in [0.2, 0.25) is 0 Å². The molecule has 0 atom stereocenters. The van der Waals surface area contributed by atoms with Crippen LogP contribution in [-0.2, 0) is 12.8 Å². The molecule has 1 aromatic heterocycles. The Balaban J connectivity index is 2.42. The normalized spacial score (nSPS) is 14.1. The van der Waals surface area contributed by atoms with E-state index in [1.165, 1.54) is 39.3 Å². The average Bonchev–Trinajstić information content (AvgIpc) is 2.71. The van der Waals surface area contributed by atoms with Crippen molar-refractivity contribution in [2.24, 2.45) is 0 Å². The molecular formula is C14H10S. The second kappa shape index (κ2) is 2.61. The van der Waals surface area contributed by atoms with E-state index in [1.54, 1.807) is 5.56 Å². The van der Waals surface area contributed by atoms with Gasteiger partial charge in [0, 0.05) is 10.1 Å². The summed E-state index contributed by atoms with van der Waals surface area (Å²) in [6.45, 7) is 0. The van der Waals surface area contributed by atoms with Crippen LogP contribution in [0, 0.1) is 0 Å². The van der Waals surface area contributed by atoms with Crippen molar-refractivity contribution in [2.75, 3.05) is 0 Å². The number of benzene rings is 2. The third-order valence-corrected chi connectivity index (χ3v) is 4.40. The summed E-state index contributed by atoms with van der Waals surface area (Å²) in [6.07, 6.45) is 2.43. The molecule has 0 aliphatic heterocycles. The van der Waals surface area contributed by atoms with Gasteiger partial charge >= 0.3 is 0 Å². The maximum absolute atomic E-state index is 2.33. The van der Waals surface area contributed by atoms with Crippen LogP contribution in [0.2, 0.25) is 0 Å². The summed E-state index contributed by atoms with van der Waals surface area (Å²) in [5.74, 6) is 0. The quantitative estimate of drug-likeness (QED) is 0.523. The van der Waals surface area contributed by atoms with Gasteiger partial charge in [0.25, 0.3) is 0 Å². The molecule has 0 bridgehead atoms. The summed E-state index contributed by atoms with van der Waals surface area (Å²) < 4.78 is 1.45. The summed E-state index contributed by atoms with van der Waals surface area (Å²) in [4.78, 5) is 0. The van der Waals surface area contributed by atoms with Gasteiger partial charge in [-0.1, -0.05) is 24.3 Å². The van der Waals surface area contributed by atoms with E-state index in [0.717, 1.165) is 0 Å². The molecule has 1 aliphatic rings. The van der Waals surface area contributed by atoms with Crippen molar-refractivity contribution in [1.82, 2.24) is 0 Å². The predicted molar refractivity (Wildman–Crippen MR) is 66.7 cm³/mol. The number of aryl methyl sites for hydroxylation is 2. The highest BCUT2D eigenvalue weighted by Crippen LogP contribution is 2.38. The van der Waals surface area contributed by atoms with E-state index in [9.17, 15) is 0 Å². The third kappa shape index (κ3) is 0.915. The van der Waals surface area contributed by atoms with Crippen LogP contribution in [-0.4, -0.2) is 0 Å². The zero-order valence-corrected chi connectivity index (χ0v) is 9.10. The van der Waals surface area contributed by atoms with E-state index in [2.05, 4.69) is 35.7 Å². The molecule has 3 aromatic rings. The topological polar surface area (TPSA) is 0 Å². The maximum atomic E-state index is 2.33. The lowest BCUT2D eigenvalue weighted by molar-refractivity contribution is 0.973. The second-order valence-corrected chi connectivity index (χ2v) is 5.13. The van der Waals surface area contributed by atoms with Crippen molar-refractivity contribution in [3.63, 3.8) is 0 Å². The van der Waals surface area contributed by atoms with Gasteiger partial charge in [0.05, 0.1) is 0 Å². The Morgan fingerprint density at radius 1 is 0.867 bits per heavy atom. The third-order valence-electron chi connectivity index (χ3n) is 3.41. The minimum atomic E-state index is 1.21. The Labute approximate surface area is 92.2 Å². The first kappa shape index (κ1) is 7.89. The van der Waals surface area contributed by atoms with Crippen LogP contribution in [0.3, 0.4) is 0 Å². The van der Waals surface area contributed by atoms with Crippen molar-refractivity contribution in [1.29, 1.82) is 0 Å². The van der Waals surface area contributed by atoms with Crippen molar-refractivity contribution >= 4 is 32.2 Å². The van der Waals surface area contributed by atoms with Crippen LogP contribution in [0.15, 0.2) is 35.7 Å². The van der Waals surface area contributed by atoms with Gasteiger partial charge < -0.3 is 0 Å². The number of hydrogen-bond acceptors (Lipinski definition) is 1. The molecule has 1 aliphatic carbocycles. The number of hydrogen-bond donors (Lipinski definition) is 0. The molecule has 0 spiro atoms. The Hall–Kier alpha value is -1.34. The minimum Gasteiger partial charge on any atom is -0.143 e. The molecule has 0 N–H and O–H groups in total. The number of thiophene rings is 1. The number of rotatable bonds is 0. The van der Waals surface area contributed by atoms with Crippen LogP contribution in [0.4, 0.5) is 0 Å².